The van der Waals surface area contributed by atoms with Crippen molar-refractivity contribution < 1.29 is 19.0 Å². The number of hydrogen-bond donors (Lipinski definition) is 1. The summed E-state index contributed by atoms with van der Waals surface area (Å²) in [5, 5.41) is 8.83. The highest BCUT2D eigenvalue weighted by atomic mass is 19.1. The molecule has 1 aliphatic carbocycles. The molecule has 0 spiro atoms. The summed E-state index contributed by atoms with van der Waals surface area (Å²) in [6, 6.07) is 12.6. The number of benzene rings is 2. The summed E-state index contributed by atoms with van der Waals surface area (Å²) in [5.74, 6) is 0.431. The molecule has 2 aromatic carbocycles. The highest BCUT2D eigenvalue weighted by Crippen LogP contribution is 2.43. The van der Waals surface area contributed by atoms with E-state index in [1.807, 2.05) is 38.1 Å². The van der Waals surface area contributed by atoms with E-state index in [1.54, 1.807) is 12.1 Å². The smallest absolute Gasteiger partial charge is 0.303 e. The number of rotatable bonds is 7. The number of carboxylic acid groups (broad SMARTS) is 1. The molecular formula is C21H23FO3. The largest absolute Gasteiger partial charge is 0.491 e. The average Bonchev–Trinajstić information content (AvgIpc) is 3.26. The molecule has 1 saturated carbocycles. The van der Waals surface area contributed by atoms with Gasteiger partial charge in [-0.25, -0.2) is 4.39 Å². The monoisotopic (exact) mass is 342 g/mol. The second-order valence-corrected chi connectivity index (χ2v) is 7.06. The summed E-state index contributed by atoms with van der Waals surface area (Å²) in [5.41, 5.74) is 2.50. The molecule has 0 aliphatic heterocycles. The van der Waals surface area contributed by atoms with Crippen LogP contribution in [0.1, 0.15) is 32.3 Å². The van der Waals surface area contributed by atoms with Gasteiger partial charge >= 0.3 is 5.97 Å². The van der Waals surface area contributed by atoms with E-state index in [2.05, 4.69) is 0 Å². The predicted molar refractivity (Wildman–Crippen MR) is 95.2 cm³/mol. The molecular weight excluding hydrogens is 319 g/mol. The van der Waals surface area contributed by atoms with Gasteiger partial charge in [-0.2, -0.15) is 0 Å². The Balaban J connectivity index is 1.69. The molecule has 2 atom stereocenters. The first kappa shape index (κ1) is 17.5. The minimum atomic E-state index is -0.721. The number of aliphatic carboxylic acids is 1. The lowest BCUT2D eigenvalue weighted by atomic mass is 10.0. The van der Waals surface area contributed by atoms with Crippen LogP contribution in [-0.2, 0) is 11.2 Å². The van der Waals surface area contributed by atoms with Crippen LogP contribution in [0.4, 0.5) is 4.39 Å². The molecule has 132 valence electrons. The van der Waals surface area contributed by atoms with Gasteiger partial charge in [-0.05, 0) is 67.9 Å². The van der Waals surface area contributed by atoms with E-state index in [9.17, 15) is 9.18 Å². The third-order valence-electron chi connectivity index (χ3n) is 4.58. The summed E-state index contributed by atoms with van der Waals surface area (Å²) >= 11 is 0. The molecule has 0 radical (unpaired) electrons. The summed E-state index contributed by atoms with van der Waals surface area (Å²) in [4.78, 5) is 10.7. The fraction of sp³-hybridized carbons (Fsp3) is 0.381. The molecule has 3 nitrogen and oxygen atoms in total. The van der Waals surface area contributed by atoms with E-state index in [1.165, 1.54) is 6.07 Å². The van der Waals surface area contributed by atoms with Crippen molar-refractivity contribution in [1.29, 1.82) is 0 Å². The molecule has 1 N–H and O–H groups in total. The van der Waals surface area contributed by atoms with Crippen LogP contribution in [0, 0.1) is 17.7 Å². The van der Waals surface area contributed by atoms with E-state index >= 15 is 0 Å². The predicted octanol–water partition coefficient (Wildman–Crippen LogP) is 4.93. The van der Waals surface area contributed by atoms with Crippen LogP contribution >= 0.6 is 0 Å². The van der Waals surface area contributed by atoms with Crippen molar-refractivity contribution >= 4 is 5.97 Å². The molecule has 3 rings (SSSR count). The van der Waals surface area contributed by atoms with Gasteiger partial charge in [-0.3, -0.25) is 4.79 Å². The Bertz CT molecular complexity index is 752. The van der Waals surface area contributed by atoms with Crippen LogP contribution in [0.2, 0.25) is 0 Å². The molecule has 0 saturated heterocycles. The third kappa shape index (κ3) is 4.59. The van der Waals surface area contributed by atoms with Gasteiger partial charge in [0, 0.05) is 12.0 Å². The number of carbonyl (C=O) groups is 1. The summed E-state index contributed by atoms with van der Waals surface area (Å²) in [7, 11) is 0. The Morgan fingerprint density at radius 2 is 1.92 bits per heavy atom. The van der Waals surface area contributed by atoms with Gasteiger partial charge in [-0.15, -0.1) is 0 Å². The quantitative estimate of drug-likeness (QED) is 0.776. The van der Waals surface area contributed by atoms with Crippen molar-refractivity contribution in [3.8, 4) is 16.9 Å². The molecule has 25 heavy (non-hydrogen) atoms. The first-order valence-corrected chi connectivity index (χ1v) is 8.69. The molecule has 0 unspecified atom stereocenters. The third-order valence-corrected chi connectivity index (χ3v) is 4.58. The zero-order chi connectivity index (χ0) is 18.0. The Kier molecular flexibility index (Phi) is 5.07. The van der Waals surface area contributed by atoms with E-state index in [4.69, 9.17) is 9.84 Å². The standard InChI is InChI=1S/C21H23FO3/c1-13(2)25-18-7-8-20(22)19(12-18)15-5-3-14(4-6-15)9-16-10-17(16)11-21(23)24/h3-8,12-13,16-17H,9-11H2,1-2H3,(H,23,24)/t16-,17+/m1/s1. The highest BCUT2D eigenvalue weighted by Gasteiger charge is 2.38. The zero-order valence-electron chi connectivity index (χ0n) is 14.5. The van der Waals surface area contributed by atoms with Crippen LogP contribution in [0.3, 0.4) is 0 Å². The van der Waals surface area contributed by atoms with E-state index in [0.29, 0.717) is 23.1 Å². The lowest BCUT2D eigenvalue weighted by Gasteiger charge is -2.12. The van der Waals surface area contributed by atoms with Gasteiger partial charge in [0.05, 0.1) is 6.10 Å². The van der Waals surface area contributed by atoms with Crippen LogP contribution in [0.5, 0.6) is 5.75 Å². The summed E-state index contributed by atoms with van der Waals surface area (Å²) < 4.78 is 19.8. The number of carboxylic acids is 1. The van der Waals surface area contributed by atoms with E-state index < -0.39 is 5.97 Å². The second kappa shape index (κ2) is 7.26. The minimum absolute atomic E-state index is 0.0398. The van der Waals surface area contributed by atoms with Crippen LogP contribution in [-0.4, -0.2) is 17.2 Å². The molecule has 0 bridgehead atoms. The molecule has 0 aromatic heterocycles. The zero-order valence-corrected chi connectivity index (χ0v) is 14.5. The fourth-order valence-corrected chi connectivity index (χ4v) is 3.23. The SMILES string of the molecule is CC(C)Oc1ccc(F)c(-c2ccc(C[C@@H]3C[C@H]3CC(=O)O)cc2)c1. The fourth-order valence-electron chi connectivity index (χ4n) is 3.23. The normalized spacial score (nSPS) is 19.0. The van der Waals surface area contributed by atoms with Crippen molar-refractivity contribution in [1.82, 2.24) is 0 Å². The van der Waals surface area contributed by atoms with Crippen LogP contribution < -0.4 is 4.74 Å². The Morgan fingerprint density at radius 3 is 2.56 bits per heavy atom. The molecule has 0 heterocycles. The Hall–Kier alpha value is -2.36. The van der Waals surface area contributed by atoms with Gasteiger partial charge in [0.1, 0.15) is 11.6 Å². The van der Waals surface area contributed by atoms with Crippen molar-refractivity contribution in [2.24, 2.45) is 11.8 Å². The van der Waals surface area contributed by atoms with Crippen molar-refractivity contribution in [2.75, 3.05) is 0 Å². The first-order chi connectivity index (χ1) is 11.9. The minimum Gasteiger partial charge on any atom is -0.491 e. The highest BCUT2D eigenvalue weighted by molar-refractivity contribution is 5.67. The van der Waals surface area contributed by atoms with Crippen molar-refractivity contribution in [3.63, 3.8) is 0 Å². The number of hydrogen-bond acceptors (Lipinski definition) is 2. The Labute approximate surface area is 147 Å². The van der Waals surface area contributed by atoms with Gasteiger partial charge in [0.15, 0.2) is 0 Å². The van der Waals surface area contributed by atoms with E-state index in [0.717, 1.165) is 24.0 Å². The molecule has 1 aliphatic rings. The maximum absolute atomic E-state index is 14.2. The molecule has 0 amide bonds. The van der Waals surface area contributed by atoms with Crippen molar-refractivity contribution in [3.05, 3.63) is 53.8 Å². The summed E-state index contributed by atoms with van der Waals surface area (Å²) in [6.07, 6.45) is 2.17. The van der Waals surface area contributed by atoms with Gasteiger partial charge in [0.2, 0.25) is 0 Å². The molecule has 4 heteroatoms. The maximum Gasteiger partial charge on any atom is 0.303 e. The topological polar surface area (TPSA) is 46.5 Å². The van der Waals surface area contributed by atoms with Crippen LogP contribution in [0.25, 0.3) is 11.1 Å². The lowest BCUT2D eigenvalue weighted by Crippen LogP contribution is -2.05. The van der Waals surface area contributed by atoms with Crippen LogP contribution in [0.15, 0.2) is 42.5 Å². The number of ether oxygens (including phenoxy) is 1. The van der Waals surface area contributed by atoms with Crippen molar-refractivity contribution in [2.45, 2.75) is 39.2 Å². The first-order valence-electron chi connectivity index (χ1n) is 8.69. The average molecular weight is 342 g/mol. The summed E-state index contributed by atoms with van der Waals surface area (Å²) in [6.45, 7) is 3.88. The molecule has 1 fully saturated rings. The van der Waals surface area contributed by atoms with E-state index in [-0.39, 0.29) is 18.3 Å². The van der Waals surface area contributed by atoms with Gasteiger partial charge in [-0.1, -0.05) is 24.3 Å². The van der Waals surface area contributed by atoms with Gasteiger partial charge < -0.3 is 9.84 Å². The lowest BCUT2D eigenvalue weighted by molar-refractivity contribution is -0.137. The molecule has 2 aromatic rings. The Morgan fingerprint density at radius 1 is 1.20 bits per heavy atom. The maximum atomic E-state index is 14.2. The second-order valence-electron chi connectivity index (χ2n) is 7.06. The van der Waals surface area contributed by atoms with Gasteiger partial charge in [0.25, 0.3) is 0 Å². The number of halogens is 1.